The van der Waals surface area contributed by atoms with E-state index in [2.05, 4.69) is 19.9 Å². The maximum absolute atomic E-state index is 12.4. The largest absolute Gasteiger partial charge is 0.461 e. The summed E-state index contributed by atoms with van der Waals surface area (Å²) >= 11 is 12.1. The van der Waals surface area contributed by atoms with E-state index in [1.54, 1.807) is 19.1 Å². The number of imidazole rings is 1. The van der Waals surface area contributed by atoms with Crippen molar-refractivity contribution in [3.8, 4) is 11.5 Å². The number of rotatable bonds is 3. The highest BCUT2D eigenvalue weighted by Gasteiger charge is 2.22. The van der Waals surface area contributed by atoms with E-state index in [1.807, 2.05) is 24.3 Å². The third-order valence-electron chi connectivity index (χ3n) is 3.79. The van der Waals surface area contributed by atoms with Crippen molar-refractivity contribution >= 4 is 51.2 Å². The van der Waals surface area contributed by atoms with E-state index in [1.165, 1.54) is 0 Å². The highest BCUT2D eigenvalue weighted by molar-refractivity contribution is 6.42. The predicted molar refractivity (Wildman–Crippen MR) is 101 cm³/mol. The predicted octanol–water partition coefficient (Wildman–Crippen LogP) is 4.66. The summed E-state index contributed by atoms with van der Waals surface area (Å²) in [6.07, 6.45) is 0. The number of H-pyrrole nitrogens is 1. The van der Waals surface area contributed by atoms with Gasteiger partial charge in [-0.3, -0.25) is 0 Å². The van der Waals surface area contributed by atoms with Gasteiger partial charge in [0.2, 0.25) is 0 Å². The number of hydrogen-bond donors (Lipinski definition) is 1. The molecule has 2 aromatic carbocycles. The molecule has 6 nitrogen and oxygen atoms in total. The molecule has 0 aliphatic rings. The quantitative estimate of drug-likeness (QED) is 0.518. The van der Waals surface area contributed by atoms with Crippen LogP contribution in [-0.2, 0) is 4.74 Å². The van der Waals surface area contributed by atoms with Gasteiger partial charge in [-0.15, -0.1) is 0 Å². The van der Waals surface area contributed by atoms with Gasteiger partial charge in [-0.1, -0.05) is 35.3 Å². The molecule has 26 heavy (non-hydrogen) atoms. The Morgan fingerprint density at radius 2 is 1.73 bits per heavy atom. The first-order valence-electron chi connectivity index (χ1n) is 7.86. The Morgan fingerprint density at radius 3 is 2.42 bits per heavy atom. The SMILES string of the molecule is CCOC(=O)c1nc2cc(Cl)c(Cl)cc2nc1-c1nc2ccccc2[nH]1. The number of hydrogen-bond acceptors (Lipinski definition) is 5. The molecule has 0 saturated carbocycles. The Labute approximate surface area is 158 Å². The van der Waals surface area contributed by atoms with Gasteiger partial charge in [-0.05, 0) is 31.2 Å². The normalized spacial score (nSPS) is 11.2. The molecule has 130 valence electrons. The van der Waals surface area contributed by atoms with Crippen molar-refractivity contribution < 1.29 is 9.53 Å². The number of aromatic amines is 1. The van der Waals surface area contributed by atoms with Gasteiger partial charge in [0, 0.05) is 0 Å². The molecular formula is C18H12Cl2N4O2. The molecule has 0 aliphatic heterocycles. The molecule has 2 aromatic heterocycles. The van der Waals surface area contributed by atoms with Crippen molar-refractivity contribution in [1.82, 2.24) is 19.9 Å². The van der Waals surface area contributed by atoms with Crippen LogP contribution in [0.2, 0.25) is 10.0 Å². The van der Waals surface area contributed by atoms with Gasteiger partial charge in [0.15, 0.2) is 11.5 Å². The Kier molecular flexibility index (Phi) is 4.22. The topological polar surface area (TPSA) is 80.8 Å². The zero-order valence-electron chi connectivity index (χ0n) is 13.6. The molecule has 0 spiro atoms. The van der Waals surface area contributed by atoms with Gasteiger partial charge < -0.3 is 9.72 Å². The van der Waals surface area contributed by atoms with Crippen LogP contribution in [0.1, 0.15) is 17.4 Å². The average molecular weight is 387 g/mol. The summed E-state index contributed by atoms with van der Waals surface area (Å²) in [5, 5.41) is 0.688. The molecular weight excluding hydrogens is 375 g/mol. The second-order valence-electron chi connectivity index (χ2n) is 5.50. The van der Waals surface area contributed by atoms with Crippen LogP contribution in [0.3, 0.4) is 0 Å². The summed E-state index contributed by atoms with van der Waals surface area (Å²) < 4.78 is 5.12. The Balaban J connectivity index is 1.99. The molecule has 0 unspecified atom stereocenters. The summed E-state index contributed by atoms with van der Waals surface area (Å²) in [7, 11) is 0. The Morgan fingerprint density at radius 1 is 1.04 bits per heavy atom. The summed E-state index contributed by atoms with van der Waals surface area (Å²) in [5.74, 6) is -0.154. The van der Waals surface area contributed by atoms with Crippen LogP contribution in [-0.4, -0.2) is 32.5 Å². The smallest absolute Gasteiger partial charge is 0.359 e. The second-order valence-corrected chi connectivity index (χ2v) is 6.31. The van der Waals surface area contributed by atoms with Crippen LogP contribution < -0.4 is 0 Å². The van der Waals surface area contributed by atoms with Gasteiger partial charge in [0.1, 0.15) is 5.69 Å². The zero-order chi connectivity index (χ0) is 18.3. The van der Waals surface area contributed by atoms with Crippen LogP contribution in [0.4, 0.5) is 0 Å². The number of nitrogens with one attached hydrogen (secondary N) is 1. The van der Waals surface area contributed by atoms with E-state index < -0.39 is 5.97 Å². The van der Waals surface area contributed by atoms with Crippen molar-refractivity contribution in [3.05, 3.63) is 52.1 Å². The maximum Gasteiger partial charge on any atom is 0.359 e. The molecule has 0 fully saturated rings. The van der Waals surface area contributed by atoms with Gasteiger partial charge in [-0.2, -0.15) is 0 Å². The van der Waals surface area contributed by atoms with Crippen molar-refractivity contribution in [3.63, 3.8) is 0 Å². The number of carbonyl (C=O) groups excluding carboxylic acids is 1. The molecule has 4 aromatic rings. The first-order valence-corrected chi connectivity index (χ1v) is 8.61. The van der Waals surface area contributed by atoms with Crippen LogP contribution in [0.5, 0.6) is 0 Å². The van der Waals surface area contributed by atoms with Gasteiger partial charge in [0.25, 0.3) is 0 Å². The first kappa shape index (κ1) is 16.8. The fourth-order valence-electron chi connectivity index (χ4n) is 2.62. The number of aromatic nitrogens is 4. The Hall–Kier alpha value is -2.70. The number of nitrogens with zero attached hydrogens (tertiary/aromatic N) is 3. The lowest BCUT2D eigenvalue weighted by atomic mass is 10.2. The Bertz CT molecular complexity index is 1120. The molecule has 0 saturated heterocycles. The number of esters is 1. The highest BCUT2D eigenvalue weighted by Crippen LogP contribution is 2.29. The van der Waals surface area contributed by atoms with Crippen molar-refractivity contribution in [2.24, 2.45) is 0 Å². The molecule has 0 aliphatic carbocycles. The third-order valence-corrected chi connectivity index (χ3v) is 4.51. The number of carbonyl (C=O) groups is 1. The van der Waals surface area contributed by atoms with Crippen LogP contribution in [0.25, 0.3) is 33.6 Å². The van der Waals surface area contributed by atoms with Crippen LogP contribution in [0.15, 0.2) is 36.4 Å². The van der Waals surface area contributed by atoms with Gasteiger partial charge >= 0.3 is 5.97 Å². The third kappa shape index (κ3) is 2.87. The van der Waals surface area contributed by atoms with E-state index in [9.17, 15) is 4.79 Å². The summed E-state index contributed by atoms with van der Waals surface area (Å²) in [4.78, 5) is 29.0. The highest BCUT2D eigenvalue weighted by atomic mass is 35.5. The molecule has 0 atom stereocenters. The molecule has 0 bridgehead atoms. The molecule has 2 heterocycles. The number of ether oxygens (including phenoxy) is 1. The van der Waals surface area contributed by atoms with Gasteiger partial charge in [-0.25, -0.2) is 19.7 Å². The molecule has 1 N–H and O–H groups in total. The van der Waals surface area contributed by atoms with Gasteiger partial charge in [0.05, 0.1) is 38.7 Å². The van der Waals surface area contributed by atoms with E-state index >= 15 is 0 Å². The first-order chi connectivity index (χ1) is 12.6. The summed E-state index contributed by atoms with van der Waals surface area (Å²) in [6, 6.07) is 10.7. The molecule has 4 rings (SSSR count). The zero-order valence-corrected chi connectivity index (χ0v) is 15.1. The van der Waals surface area contributed by atoms with E-state index in [0.717, 1.165) is 11.0 Å². The lowest BCUT2D eigenvalue weighted by Crippen LogP contribution is -2.11. The lowest BCUT2D eigenvalue weighted by molar-refractivity contribution is 0.0520. The van der Waals surface area contributed by atoms with Crippen molar-refractivity contribution in [1.29, 1.82) is 0 Å². The number of halogens is 2. The lowest BCUT2D eigenvalue weighted by Gasteiger charge is -2.08. The molecule has 0 radical (unpaired) electrons. The summed E-state index contributed by atoms with van der Waals surface area (Å²) in [6.45, 7) is 1.95. The number of fused-ring (bicyclic) bond motifs is 2. The minimum atomic E-state index is -0.580. The van der Waals surface area contributed by atoms with E-state index in [4.69, 9.17) is 27.9 Å². The standard InChI is InChI=1S/C18H12Cl2N4O2/c1-2-26-18(25)16-15(17-23-11-5-3-4-6-12(11)24-17)21-13-7-9(19)10(20)8-14(13)22-16/h3-8H,2H2,1H3,(H,23,24). The minimum absolute atomic E-state index is 0.0665. The average Bonchev–Trinajstić information content (AvgIpc) is 3.06. The second kappa shape index (κ2) is 6.55. The number of para-hydroxylation sites is 2. The maximum atomic E-state index is 12.4. The van der Waals surface area contributed by atoms with E-state index in [0.29, 0.717) is 32.6 Å². The molecule has 8 heteroatoms. The number of benzene rings is 2. The van der Waals surface area contributed by atoms with Crippen LogP contribution in [0, 0.1) is 0 Å². The van der Waals surface area contributed by atoms with Crippen LogP contribution >= 0.6 is 23.2 Å². The molecule has 0 amide bonds. The van der Waals surface area contributed by atoms with E-state index in [-0.39, 0.29) is 12.3 Å². The van der Waals surface area contributed by atoms with Crippen molar-refractivity contribution in [2.75, 3.05) is 6.61 Å². The summed E-state index contributed by atoms with van der Waals surface area (Å²) in [5.41, 5.74) is 2.90. The fraction of sp³-hybridized carbons (Fsp3) is 0.111. The van der Waals surface area contributed by atoms with Crippen molar-refractivity contribution in [2.45, 2.75) is 6.92 Å². The minimum Gasteiger partial charge on any atom is -0.461 e. The monoisotopic (exact) mass is 386 g/mol. The fourth-order valence-corrected chi connectivity index (χ4v) is 2.94.